The maximum absolute atomic E-state index is 12.5. The molecule has 24 heavy (non-hydrogen) atoms. The van der Waals surface area contributed by atoms with E-state index in [1.807, 2.05) is 13.8 Å². The first-order valence-corrected chi connectivity index (χ1v) is 10.8. The molecular weight excluding hydrogens is 406 g/mol. The summed E-state index contributed by atoms with van der Waals surface area (Å²) in [5.41, 5.74) is 0.432. The first-order chi connectivity index (χ1) is 11.1. The van der Waals surface area contributed by atoms with Crippen molar-refractivity contribution in [2.75, 3.05) is 13.2 Å². The first-order valence-electron chi connectivity index (χ1n) is 7.24. The van der Waals surface area contributed by atoms with Crippen LogP contribution in [0.25, 0.3) is 0 Å². The van der Waals surface area contributed by atoms with Gasteiger partial charge in [-0.2, -0.15) is 0 Å². The second-order valence-corrected chi connectivity index (χ2v) is 10.2. The van der Waals surface area contributed by atoms with Crippen molar-refractivity contribution < 1.29 is 54.0 Å². The molecule has 0 saturated carbocycles. The van der Waals surface area contributed by atoms with Crippen molar-refractivity contribution in [2.24, 2.45) is 0 Å². The van der Waals surface area contributed by atoms with Crippen LogP contribution in [-0.4, -0.2) is 25.2 Å². The van der Waals surface area contributed by atoms with E-state index in [0.29, 0.717) is 0 Å². The van der Waals surface area contributed by atoms with E-state index in [1.54, 1.807) is 0 Å². The van der Waals surface area contributed by atoms with Gasteiger partial charge < -0.3 is 0 Å². The van der Waals surface area contributed by atoms with Crippen LogP contribution < -0.4 is 0 Å². The molecule has 0 spiro atoms. The standard InChI is InChI=1S/C11H15O4.C4H9.CH2.2Co.2O/c1-8(2)10(12)14-6-5-7-15-11(13)9(3)4;1-3-4-2;;;;;/h5H,1,3,6-7H2,2,4H3;3H,4H2,1-2H3;1H2;;;;. The Hall–Kier alpha value is -0.967. The predicted octanol–water partition coefficient (Wildman–Crippen LogP) is 3.54. The summed E-state index contributed by atoms with van der Waals surface area (Å²) in [6, 6.07) is 0. The third kappa shape index (κ3) is 8.76. The van der Waals surface area contributed by atoms with E-state index in [9.17, 15) is 17.3 Å². The van der Waals surface area contributed by atoms with E-state index in [2.05, 4.69) is 13.2 Å². The second-order valence-electron chi connectivity index (χ2n) is 5.16. The predicted molar refractivity (Wildman–Crippen MR) is 81.2 cm³/mol. The van der Waals surface area contributed by atoms with Gasteiger partial charge in [0.1, 0.15) is 0 Å². The van der Waals surface area contributed by atoms with E-state index in [4.69, 9.17) is 9.47 Å². The quantitative estimate of drug-likeness (QED) is 0.367. The topological polar surface area (TPSA) is 86.7 Å². The van der Waals surface area contributed by atoms with Gasteiger partial charge in [0.05, 0.1) is 0 Å². The van der Waals surface area contributed by atoms with Gasteiger partial charge in [0.15, 0.2) is 0 Å². The third-order valence-corrected chi connectivity index (χ3v) is 8.18. The Morgan fingerprint density at radius 2 is 1.38 bits per heavy atom. The number of rotatable bonds is 11. The average molecular weight is 432 g/mol. The number of ether oxygens (including phenoxy) is 2. The SMILES string of the molecule is C=C(C)C(=O)OC[CH](COC(=O)C(=C)C)[Co](=[O])[CH2][Co](=[O])[CH](C)CC. The molecule has 0 bridgehead atoms. The van der Waals surface area contributed by atoms with E-state index in [0.717, 1.165) is 6.42 Å². The molecule has 0 aliphatic rings. The van der Waals surface area contributed by atoms with Gasteiger partial charge in [-0.1, -0.05) is 0 Å². The Morgan fingerprint density at radius 1 is 0.958 bits per heavy atom. The minimum atomic E-state index is -1.94. The van der Waals surface area contributed by atoms with Gasteiger partial charge in [-0.25, -0.2) is 0 Å². The van der Waals surface area contributed by atoms with Gasteiger partial charge >= 0.3 is 152 Å². The zero-order valence-corrected chi connectivity index (χ0v) is 16.6. The summed E-state index contributed by atoms with van der Waals surface area (Å²) in [5.74, 6) is -1.22. The molecule has 0 heterocycles. The molecule has 1 unspecified atom stereocenters. The summed E-state index contributed by atoms with van der Waals surface area (Å²) in [6.45, 7) is 13.3. The molecule has 0 radical (unpaired) electrons. The van der Waals surface area contributed by atoms with Gasteiger partial charge in [0.2, 0.25) is 0 Å². The summed E-state index contributed by atoms with van der Waals surface area (Å²) in [6.07, 6.45) is 0.719. The maximum atomic E-state index is 12.5. The number of hydrogen-bond acceptors (Lipinski definition) is 6. The Labute approximate surface area is 151 Å². The van der Waals surface area contributed by atoms with Crippen LogP contribution in [-0.2, 0) is 54.0 Å². The van der Waals surface area contributed by atoms with Gasteiger partial charge in [0, 0.05) is 0 Å². The Bertz CT molecular complexity index is 511. The van der Waals surface area contributed by atoms with Gasteiger partial charge in [-0.3, -0.25) is 0 Å². The van der Waals surface area contributed by atoms with Crippen LogP contribution in [0.1, 0.15) is 34.1 Å². The fraction of sp³-hybridized carbons (Fsp3) is 0.625. The van der Waals surface area contributed by atoms with Crippen LogP contribution in [0.5, 0.6) is 0 Å². The van der Waals surface area contributed by atoms with E-state index in [-0.39, 0.29) is 33.5 Å². The summed E-state index contributed by atoms with van der Waals surface area (Å²) in [5, 5.41) is 0. The van der Waals surface area contributed by atoms with Crippen molar-refractivity contribution >= 4 is 11.9 Å². The molecule has 8 heteroatoms. The monoisotopic (exact) mass is 432 g/mol. The van der Waals surface area contributed by atoms with E-state index >= 15 is 0 Å². The normalized spacial score (nSPS) is 13.0. The van der Waals surface area contributed by atoms with Crippen LogP contribution in [0, 0.1) is 0 Å². The third-order valence-electron chi connectivity index (χ3n) is 2.84. The minimum absolute atomic E-state index is 0.00885. The molecule has 0 aromatic rings. The van der Waals surface area contributed by atoms with Crippen LogP contribution >= 0.6 is 0 Å². The van der Waals surface area contributed by atoms with Crippen LogP contribution in [0.3, 0.4) is 0 Å². The van der Waals surface area contributed by atoms with Crippen LogP contribution in [0.15, 0.2) is 24.3 Å². The van der Waals surface area contributed by atoms with Crippen molar-refractivity contribution in [2.45, 2.75) is 48.1 Å². The zero-order valence-electron chi connectivity index (χ0n) is 14.5. The zero-order chi connectivity index (χ0) is 18.9. The number of esters is 2. The molecule has 6 nitrogen and oxygen atoms in total. The van der Waals surface area contributed by atoms with Crippen LogP contribution in [0.2, 0.25) is 14.0 Å². The molecule has 0 aliphatic heterocycles. The molecule has 0 fully saturated rings. The fourth-order valence-electron chi connectivity index (χ4n) is 1.11. The average Bonchev–Trinajstić information content (AvgIpc) is 2.52. The molecule has 144 valence electrons. The van der Waals surface area contributed by atoms with E-state index < -0.39 is 44.0 Å². The number of carbonyl (C=O) groups excluding carboxylic acids is 2. The second kappa shape index (κ2) is 11.6. The summed E-state index contributed by atoms with van der Waals surface area (Å²) in [7, 11) is 0. The number of carbonyl (C=O) groups is 2. The van der Waals surface area contributed by atoms with Crippen molar-refractivity contribution in [1.29, 1.82) is 0 Å². The summed E-state index contributed by atoms with van der Waals surface area (Å²) < 4.78 is 34.6. The first kappa shape index (κ1) is 23.0. The van der Waals surface area contributed by atoms with Crippen molar-refractivity contribution in [3.8, 4) is 0 Å². The molecular formula is C16H26Co2O6. The summed E-state index contributed by atoms with van der Waals surface area (Å²) in [4.78, 5) is 22.2. The molecule has 1 atom stereocenters. The van der Waals surface area contributed by atoms with Crippen molar-refractivity contribution in [1.82, 2.24) is 0 Å². The molecule has 0 amide bonds. The Kier molecular flexibility index (Phi) is 11.1. The molecule has 0 aromatic heterocycles. The fourth-order valence-corrected chi connectivity index (χ4v) is 5.63. The van der Waals surface area contributed by atoms with E-state index in [1.165, 1.54) is 13.8 Å². The molecule has 0 rings (SSSR count). The van der Waals surface area contributed by atoms with Gasteiger partial charge in [0.25, 0.3) is 0 Å². The summed E-state index contributed by atoms with van der Waals surface area (Å²) >= 11 is -3.56. The van der Waals surface area contributed by atoms with Crippen molar-refractivity contribution in [3.63, 3.8) is 0 Å². The van der Waals surface area contributed by atoms with Gasteiger partial charge in [-0.05, 0) is 0 Å². The molecule has 0 aliphatic carbocycles. The van der Waals surface area contributed by atoms with Gasteiger partial charge in [-0.15, -0.1) is 0 Å². The molecule has 0 N–H and O–H groups in total. The number of hydrogen-bond donors (Lipinski definition) is 0. The van der Waals surface area contributed by atoms with Crippen LogP contribution in [0.4, 0.5) is 0 Å². The molecule has 0 saturated heterocycles. The molecule has 0 aromatic carbocycles. The Balaban J connectivity index is 4.88. The Morgan fingerprint density at radius 3 is 1.71 bits per heavy atom. The van der Waals surface area contributed by atoms with Crippen molar-refractivity contribution in [3.05, 3.63) is 24.3 Å².